The van der Waals surface area contributed by atoms with E-state index < -0.39 is 0 Å². The zero-order valence-electron chi connectivity index (χ0n) is 20.8. The molecule has 4 aliphatic carbocycles. The van der Waals surface area contributed by atoms with Gasteiger partial charge in [-0.15, -0.1) is 0 Å². The van der Waals surface area contributed by atoms with Gasteiger partial charge in [0.25, 0.3) is 0 Å². The van der Waals surface area contributed by atoms with E-state index in [2.05, 4.69) is 41.2 Å². The molecule has 9 atom stereocenters. The zero-order chi connectivity index (χ0) is 22.6. The quantitative estimate of drug-likeness (QED) is 0.459. The van der Waals surface area contributed by atoms with Gasteiger partial charge in [-0.05, 0) is 111 Å². The van der Waals surface area contributed by atoms with Crippen LogP contribution in [0.5, 0.6) is 0 Å². The summed E-state index contributed by atoms with van der Waals surface area (Å²) in [5.41, 5.74) is 3.12. The molecule has 3 saturated carbocycles. The lowest BCUT2D eigenvalue weighted by atomic mass is 9.46. The van der Waals surface area contributed by atoms with Crippen LogP contribution in [0.1, 0.15) is 98.8 Å². The average Bonchev–Trinajstić information content (AvgIpc) is 3.09. The molecule has 4 aliphatic rings. The fourth-order valence-corrected chi connectivity index (χ4v) is 8.51. The van der Waals surface area contributed by atoms with E-state index in [0.29, 0.717) is 41.3 Å². The van der Waals surface area contributed by atoms with Crippen molar-refractivity contribution in [3.8, 4) is 0 Å². The van der Waals surface area contributed by atoms with Crippen molar-refractivity contribution in [2.45, 2.75) is 105 Å². The number of hydrogen-bond acceptors (Lipinski definition) is 2. The van der Waals surface area contributed by atoms with Crippen LogP contribution in [0.3, 0.4) is 0 Å². The Bertz CT molecular complexity index is 750. The number of carbonyl (C=O) groups excluding carboxylic acids is 1. The third-order valence-corrected chi connectivity index (χ3v) is 10.9. The molecular weight excluding hydrogens is 380 g/mol. The van der Waals surface area contributed by atoms with Crippen molar-refractivity contribution in [2.75, 3.05) is 0 Å². The number of aliphatic hydroxyl groups is 1. The van der Waals surface area contributed by atoms with Crippen LogP contribution in [0, 0.1) is 46.3 Å². The van der Waals surface area contributed by atoms with E-state index in [4.69, 9.17) is 0 Å². The highest BCUT2D eigenvalue weighted by Gasteiger charge is 2.61. The molecule has 0 amide bonds. The summed E-state index contributed by atoms with van der Waals surface area (Å²) in [6, 6.07) is 0. The molecule has 0 aromatic rings. The summed E-state index contributed by atoms with van der Waals surface area (Å²) in [7, 11) is 0. The van der Waals surface area contributed by atoms with Crippen molar-refractivity contribution in [1.82, 2.24) is 0 Å². The number of aliphatic hydroxyl groups excluding tert-OH is 1. The van der Waals surface area contributed by atoms with E-state index in [1.54, 1.807) is 0 Å². The van der Waals surface area contributed by atoms with E-state index in [9.17, 15) is 9.90 Å². The topological polar surface area (TPSA) is 37.3 Å². The lowest BCUT2D eigenvalue weighted by Crippen LogP contribution is -2.53. The molecule has 4 rings (SSSR count). The zero-order valence-corrected chi connectivity index (χ0v) is 20.8. The van der Waals surface area contributed by atoms with Crippen LogP contribution in [0.2, 0.25) is 0 Å². The molecule has 3 fully saturated rings. The van der Waals surface area contributed by atoms with E-state index in [1.807, 2.05) is 6.08 Å². The highest BCUT2D eigenvalue weighted by atomic mass is 16.3. The molecule has 0 aromatic heterocycles. The van der Waals surface area contributed by atoms with Gasteiger partial charge in [0.05, 0.1) is 6.10 Å². The summed E-state index contributed by atoms with van der Waals surface area (Å²) in [5.74, 6) is 3.72. The molecule has 0 heterocycles. The molecule has 0 aromatic carbocycles. The fourth-order valence-electron chi connectivity index (χ4n) is 8.51. The third kappa shape index (κ3) is 3.79. The minimum absolute atomic E-state index is 0.136. The first kappa shape index (κ1) is 23.3. The summed E-state index contributed by atoms with van der Waals surface area (Å²) in [5, 5.41) is 10.2. The van der Waals surface area contributed by atoms with Crippen molar-refractivity contribution in [1.29, 1.82) is 0 Å². The number of hydrogen-bond donors (Lipinski definition) is 1. The number of ketones is 1. The van der Waals surface area contributed by atoms with Crippen LogP contribution in [0.4, 0.5) is 0 Å². The Kier molecular flexibility index (Phi) is 6.36. The van der Waals surface area contributed by atoms with Gasteiger partial charge in [-0.25, -0.2) is 0 Å². The lowest BCUT2D eigenvalue weighted by molar-refractivity contribution is -0.135. The number of rotatable bonds is 6. The maximum absolute atomic E-state index is 13.4. The molecule has 31 heavy (non-hydrogen) atoms. The Morgan fingerprint density at radius 1 is 1.16 bits per heavy atom. The fraction of sp³-hybridized carbons (Fsp3) is 0.828. The predicted octanol–water partition coefficient (Wildman–Crippen LogP) is 7.12. The molecule has 0 saturated heterocycles. The third-order valence-electron chi connectivity index (χ3n) is 10.9. The van der Waals surface area contributed by atoms with E-state index in [0.717, 1.165) is 25.2 Å². The molecular formula is C29H46O2. The maximum Gasteiger partial charge on any atom is 0.159 e. The first-order chi connectivity index (χ1) is 14.6. The Hall–Kier alpha value is -0.890. The molecule has 0 radical (unpaired) electrons. The molecule has 0 spiro atoms. The van der Waals surface area contributed by atoms with Gasteiger partial charge < -0.3 is 5.11 Å². The molecule has 2 heteroatoms. The van der Waals surface area contributed by atoms with Gasteiger partial charge in [-0.2, -0.15) is 0 Å². The van der Waals surface area contributed by atoms with Crippen molar-refractivity contribution in [3.63, 3.8) is 0 Å². The van der Waals surface area contributed by atoms with Crippen molar-refractivity contribution < 1.29 is 9.90 Å². The summed E-state index contributed by atoms with van der Waals surface area (Å²) in [6.45, 7) is 16.3. The van der Waals surface area contributed by atoms with E-state index in [-0.39, 0.29) is 17.4 Å². The Morgan fingerprint density at radius 3 is 2.61 bits per heavy atom. The first-order valence-corrected chi connectivity index (χ1v) is 13.2. The highest BCUT2D eigenvalue weighted by Crippen LogP contribution is 2.66. The first-order valence-electron chi connectivity index (χ1n) is 13.2. The molecule has 1 N–H and O–H groups in total. The minimum atomic E-state index is -0.251. The van der Waals surface area contributed by atoms with Crippen LogP contribution in [0.25, 0.3) is 0 Å². The second kappa shape index (κ2) is 8.47. The summed E-state index contributed by atoms with van der Waals surface area (Å²) in [4.78, 5) is 13.4. The number of allylic oxidation sites excluding steroid dienone is 2. The van der Waals surface area contributed by atoms with Crippen LogP contribution in [-0.4, -0.2) is 17.0 Å². The molecule has 0 aliphatic heterocycles. The van der Waals surface area contributed by atoms with Gasteiger partial charge in [0.2, 0.25) is 0 Å². The van der Waals surface area contributed by atoms with Gasteiger partial charge in [0, 0.05) is 5.92 Å². The lowest BCUT2D eigenvalue weighted by Gasteiger charge is -2.57. The molecule has 0 bridgehead atoms. The molecule has 3 unspecified atom stereocenters. The van der Waals surface area contributed by atoms with Crippen LogP contribution in [-0.2, 0) is 4.79 Å². The average molecular weight is 427 g/mol. The monoisotopic (exact) mass is 426 g/mol. The standard InChI is InChI=1S/C29H46O2/c1-7-18(2)19(3)8-9-20(4)23-10-11-24-27-25(13-15-29(23,24)6)28(5)14-12-22(30)16-21(28)17-26(27)31/h17-18,20,22-25,27,30H,3,7-16H2,1-2,4-6H3/t18-,20+,22-,23+,24?,25?,27?,28-,29+/m0/s1. The predicted molar refractivity (Wildman–Crippen MR) is 129 cm³/mol. The highest BCUT2D eigenvalue weighted by molar-refractivity contribution is 5.94. The van der Waals surface area contributed by atoms with Gasteiger partial charge in [0.1, 0.15) is 0 Å². The Balaban J connectivity index is 1.52. The summed E-state index contributed by atoms with van der Waals surface area (Å²) in [6.07, 6.45) is 13.0. The minimum Gasteiger partial charge on any atom is -0.393 e. The van der Waals surface area contributed by atoms with Gasteiger partial charge in [-0.3, -0.25) is 4.79 Å². The van der Waals surface area contributed by atoms with Crippen molar-refractivity contribution >= 4 is 5.78 Å². The summed E-state index contributed by atoms with van der Waals surface area (Å²) >= 11 is 0. The normalized spacial score (nSPS) is 44.0. The maximum atomic E-state index is 13.4. The van der Waals surface area contributed by atoms with Gasteiger partial charge in [-0.1, -0.05) is 52.3 Å². The van der Waals surface area contributed by atoms with Crippen LogP contribution in [0.15, 0.2) is 23.8 Å². The molecule has 174 valence electrons. The summed E-state index contributed by atoms with van der Waals surface area (Å²) < 4.78 is 0. The van der Waals surface area contributed by atoms with E-state index in [1.165, 1.54) is 49.7 Å². The van der Waals surface area contributed by atoms with Crippen molar-refractivity contribution in [3.05, 3.63) is 23.8 Å². The van der Waals surface area contributed by atoms with Crippen molar-refractivity contribution in [2.24, 2.45) is 46.3 Å². The van der Waals surface area contributed by atoms with E-state index >= 15 is 0 Å². The largest absolute Gasteiger partial charge is 0.393 e. The second-order valence-electron chi connectivity index (χ2n) is 12.3. The van der Waals surface area contributed by atoms with Gasteiger partial charge >= 0.3 is 0 Å². The molecule has 2 nitrogen and oxygen atoms in total. The van der Waals surface area contributed by atoms with Crippen LogP contribution < -0.4 is 0 Å². The van der Waals surface area contributed by atoms with Gasteiger partial charge in [0.15, 0.2) is 5.78 Å². The number of carbonyl (C=O) groups is 1. The Morgan fingerprint density at radius 2 is 1.90 bits per heavy atom. The Labute approximate surface area is 191 Å². The smallest absolute Gasteiger partial charge is 0.159 e. The SMILES string of the molecule is C=C(CC[C@@H](C)[C@H]1CCC2C3C(=O)C=C4C[C@@H](O)CC[C@]4(C)C3CC[C@@]21C)[C@@H](C)CC. The number of fused-ring (bicyclic) bond motifs is 5. The van der Waals surface area contributed by atoms with Crippen LogP contribution >= 0.6 is 0 Å². The second-order valence-corrected chi connectivity index (χ2v) is 12.3.